The molecule has 2 rings (SSSR count). The Morgan fingerprint density at radius 2 is 2.40 bits per heavy atom. The Balaban J connectivity index is 1.94. The molecule has 0 aromatic carbocycles. The van der Waals surface area contributed by atoms with Crippen LogP contribution in [0.15, 0.2) is 12.2 Å². The molecule has 1 fully saturated rings. The molecule has 0 aromatic rings. The SMILES string of the molecule is O=C(O)C1CC2(C=CC2)N1. The van der Waals surface area contributed by atoms with E-state index in [4.69, 9.17) is 5.11 Å². The van der Waals surface area contributed by atoms with Crippen LogP contribution in [0.2, 0.25) is 0 Å². The molecular weight excluding hydrogens is 130 g/mol. The quantitative estimate of drug-likeness (QED) is 0.508. The molecule has 10 heavy (non-hydrogen) atoms. The third kappa shape index (κ3) is 0.609. The van der Waals surface area contributed by atoms with E-state index in [9.17, 15) is 4.79 Å². The van der Waals surface area contributed by atoms with Crippen LogP contribution in [0.3, 0.4) is 0 Å². The summed E-state index contributed by atoms with van der Waals surface area (Å²) >= 11 is 0. The Kier molecular flexibility index (Phi) is 0.951. The summed E-state index contributed by atoms with van der Waals surface area (Å²) in [6.07, 6.45) is 5.87. The number of hydrogen-bond acceptors (Lipinski definition) is 2. The van der Waals surface area contributed by atoms with Gasteiger partial charge < -0.3 is 5.11 Å². The summed E-state index contributed by atoms with van der Waals surface area (Å²) < 4.78 is 0. The number of carboxylic acid groups (broad SMARTS) is 1. The molecule has 1 aliphatic carbocycles. The van der Waals surface area contributed by atoms with Gasteiger partial charge in [-0.2, -0.15) is 0 Å². The molecule has 2 unspecified atom stereocenters. The predicted octanol–water partition coefficient (Wildman–Crippen LogP) is 0.132. The first-order valence-corrected chi connectivity index (χ1v) is 3.40. The summed E-state index contributed by atoms with van der Waals surface area (Å²) in [5.74, 6) is -0.731. The Bertz CT molecular complexity index is 204. The number of carbonyl (C=O) groups is 1. The van der Waals surface area contributed by atoms with Crippen molar-refractivity contribution >= 4 is 5.97 Å². The molecule has 0 radical (unpaired) electrons. The zero-order valence-corrected chi connectivity index (χ0v) is 5.50. The molecule has 0 aromatic heterocycles. The van der Waals surface area contributed by atoms with Crippen LogP contribution in [0, 0.1) is 0 Å². The predicted molar refractivity (Wildman–Crippen MR) is 35.7 cm³/mol. The first kappa shape index (κ1) is 5.92. The van der Waals surface area contributed by atoms with Crippen LogP contribution in [0.5, 0.6) is 0 Å². The fraction of sp³-hybridized carbons (Fsp3) is 0.571. The summed E-state index contributed by atoms with van der Waals surface area (Å²) in [5, 5.41) is 11.5. The lowest BCUT2D eigenvalue weighted by molar-refractivity contribution is -0.143. The Morgan fingerprint density at radius 1 is 1.80 bits per heavy atom. The molecule has 1 spiro atoms. The third-order valence-electron chi connectivity index (χ3n) is 2.25. The molecule has 3 nitrogen and oxygen atoms in total. The normalized spacial score (nSPS) is 42.6. The van der Waals surface area contributed by atoms with E-state index < -0.39 is 5.97 Å². The van der Waals surface area contributed by atoms with Gasteiger partial charge >= 0.3 is 5.97 Å². The van der Waals surface area contributed by atoms with E-state index in [-0.39, 0.29) is 11.6 Å². The van der Waals surface area contributed by atoms with Crippen molar-refractivity contribution in [1.82, 2.24) is 5.32 Å². The molecule has 0 amide bonds. The van der Waals surface area contributed by atoms with Gasteiger partial charge in [0.2, 0.25) is 0 Å². The number of rotatable bonds is 1. The van der Waals surface area contributed by atoms with Crippen molar-refractivity contribution in [2.45, 2.75) is 24.4 Å². The van der Waals surface area contributed by atoms with E-state index in [0.29, 0.717) is 0 Å². The number of aliphatic carboxylic acids is 1. The second kappa shape index (κ2) is 1.61. The van der Waals surface area contributed by atoms with Gasteiger partial charge in [0.05, 0.1) is 0 Å². The molecule has 1 saturated heterocycles. The van der Waals surface area contributed by atoms with Gasteiger partial charge in [-0.15, -0.1) is 0 Å². The lowest BCUT2D eigenvalue weighted by Gasteiger charge is -2.49. The highest BCUT2D eigenvalue weighted by Crippen LogP contribution is 2.36. The number of hydrogen-bond donors (Lipinski definition) is 2. The van der Waals surface area contributed by atoms with Gasteiger partial charge in [-0.1, -0.05) is 12.2 Å². The van der Waals surface area contributed by atoms with Gasteiger partial charge in [-0.05, 0) is 12.8 Å². The van der Waals surface area contributed by atoms with Crippen molar-refractivity contribution in [3.05, 3.63) is 12.2 Å². The fourth-order valence-electron chi connectivity index (χ4n) is 1.50. The minimum absolute atomic E-state index is 0.0864. The van der Waals surface area contributed by atoms with Crippen LogP contribution in [0.4, 0.5) is 0 Å². The van der Waals surface area contributed by atoms with Crippen LogP contribution < -0.4 is 5.32 Å². The maximum absolute atomic E-state index is 10.3. The van der Waals surface area contributed by atoms with Gasteiger partial charge in [0, 0.05) is 5.54 Å². The lowest BCUT2D eigenvalue weighted by Crippen LogP contribution is -2.67. The van der Waals surface area contributed by atoms with Crippen LogP contribution in [-0.4, -0.2) is 22.7 Å². The van der Waals surface area contributed by atoms with Crippen molar-refractivity contribution < 1.29 is 9.90 Å². The van der Waals surface area contributed by atoms with E-state index in [2.05, 4.69) is 11.4 Å². The van der Waals surface area contributed by atoms with Gasteiger partial charge in [0.25, 0.3) is 0 Å². The second-order valence-electron chi connectivity index (χ2n) is 3.00. The topological polar surface area (TPSA) is 49.3 Å². The lowest BCUT2D eigenvalue weighted by atomic mass is 9.73. The van der Waals surface area contributed by atoms with Crippen molar-refractivity contribution in [3.63, 3.8) is 0 Å². The first-order chi connectivity index (χ1) is 4.72. The third-order valence-corrected chi connectivity index (χ3v) is 2.25. The maximum Gasteiger partial charge on any atom is 0.320 e. The van der Waals surface area contributed by atoms with Crippen molar-refractivity contribution in [2.75, 3.05) is 0 Å². The van der Waals surface area contributed by atoms with Crippen LogP contribution in [0.25, 0.3) is 0 Å². The average Bonchev–Trinajstić information content (AvgIpc) is 1.54. The second-order valence-corrected chi connectivity index (χ2v) is 3.00. The minimum atomic E-state index is -0.731. The molecule has 2 aliphatic rings. The van der Waals surface area contributed by atoms with E-state index in [0.717, 1.165) is 12.8 Å². The van der Waals surface area contributed by atoms with E-state index in [1.165, 1.54) is 0 Å². The summed E-state index contributed by atoms with van der Waals surface area (Å²) in [5.41, 5.74) is 0.0864. The van der Waals surface area contributed by atoms with Crippen molar-refractivity contribution in [3.8, 4) is 0 Å². The zero-order valence-electron chi connectivity index (χ0n) is 5.50. The molecule has 54 valence electrons. The monoisotopic (exact) mass is 139 g/mol. The smallest absolute Gasteiger partial charge is 0.320 e. The standard InChI is InChI=1S/C7H9NO2/c9-6(10)5-4-7(8-5)2-1-3-7/h1-2,5,8H,3-4H2,(H,9,10). The molecule has 0 saturated carbocycles. The summed E-state index contributed by atoms with van der Waals surface area (Å²) in [6.45, 7) is 0. The van der Waals surface area contributed by atoms with Gasteiger partial charge in [-0.25, -0.2) is 0 Å². The number of carboxylic acids is 1. The van der Waals surface area contributed by atoms with E-state index in [1.807, 2.05) is 6.08 Å². The van der Waals surface area contributed by atoms with Gasteiger partial charge in [-0.3, -0.25) is 10.1 Å². The highest BCUT2D eigenvalue weighted by Gasteiger charge is 2.47. The molecule has 3 heteroatoms. The molecular formula is C7H9NO2. The van der Waals surface area contributed by atoms with Crippen LogP contribution >= 0.6 is 0 Å². The van der Waals surface area contributed by atoms with Crippen molar-refractivity contribution in [1.29, 1.82) is 0 Å². The molecule has 2 N–H and O–H groups in total. The Hall–Kier alpha value is -0.830. The van der Waals surface area contributed by atoms with Crippen LogP contribution in [-0.2, 0) is 4.79 Å². The van der Waals surface area contributed by atoms with Gasteiger partial charge in [0.1, 0.15) is 6.04 Å². The Morgan fingerprint density at radius 3 is 2.70 bits per heavy atom. The van der Waals surface area contributed by atoms with E-state index >= 15 is 0 Å². The minimum Gasteiger partial charge on any atom is -0.480 e. The Labute approximate surface area is 58.7 Å². The highest BCUT2D eigenvalue weighted by atomic mass is 16.4. The average molecular weight is 139 g/mol. The largest absolute Gasteiger partial charge is 0.480 e. The first-order valence-electron chi connectivity index (χ1n) is 3.40. The van der Waals surface area contributed by atoms with Gasteiger partial charge in [0.15, 0.2) is 0 Å². The number of nitrogens with one attached hydrogen (secondary N) is 1. The van der Waals surface area contributed by atoms with E-state index in [1.54, 1.807) is 0 Å². The molecule has 1 heterocycles. The maximum atomic E-state index is 10.3. The van der Waals surface area contributed by atoms with Crippen LogP contribution in [0.1, 0.15) is 12.8 Å². The van der Waals surface area contributed by atoms with Crippen molar-refractivity contribution in [2.24, 2.45) is 0 Å². The summed E-state index contributed by atoms with van der Waals surface area (Å²) in [7, 11) is 0. The molecule has 1 aliphatic heterocycles. The zero-order chi connectivity index (χ0) is 7.19. The fourth-order valence-corrected chi connectivity index (χ4v) is 1.50. The summed E-state index contributed by atoms with van der Waals surface area (Å²) in [6, 6.07) is -0.301. The molecule has 0 bridgehead atoms. The summed E-state index contributed by atoms with van der Waals surface area (Å²) in [4.78, 5) is 10.3. The highest BCUT2D eigenvalue weighted by molar-refractivity contribution is 5.75. The molecule has 2 atom stereocenters.